The molecule has 8 heteroatoms. The van der Waals surface area contributed by atoms with Crippen molar-refractivity contribution in [3.8, 4) is 5.75 Å². The zero-order chi connectivity index (χ0) is 23.1. The van der Waals surface area contributed by atoms with Crippen LogP contribution in [0.3, 0.4) is 0 Å². The Bertz CT molecular complexity index is 1250. The van der Waals surface area contributed by atoms with E-state index in [1.165, 1.54) is 17.2 Å². The number of primary amides is 1. The van der Waals surface area contributed by atoms with Gasteiger partial charge in [0.05, 0.1) is 18.2 Å². The van der Waals surface area contributed by atoms with Crippen molar-refractivity contribution in [3.05, 3.63) is 93.5 Å². The molecule has 2 amide bonds. The van der Waals surface area contributed by atoms with Gasteiger partial charge in [-0.2, -0.15) is 0 Å². The van der Waals surface area contributed by atoms with Gasteiger partial charge in [0.15, 0.2) is 0 Å². The van der Waals surface area contributed by atoms with Crippen LogP contribution in [-0.4, -0.2) is 28.3 Å². The van der Waals surface area contributed by atoms with Gasteiger partial charge in [-0.1, -0.05) is 29.8 Å². The molecule has 2 N–H and O–H groups in total. The minimum Gasteiger partial charge on any atom is -0.492 e. The average molecular weight is 466 g/mol. The number of nitrogens with zero attached hydrogens (tertiary/aromatic N) is 2. The van der Waals surface area contributed by atoms with Gasteiger partial charge < -0.3 is 15.4 Å². The van der Waals surface area contributed by atoms with Crippen LogP contribution in [0.5, 0.6) is 5.75 Å². The number of rotatable bonds is 5. The molecule has 0 saturated heterocycles. The quantitative estimate of drug-likeness (QED) is 0.613. The molecule has 3 aromatic rings. The maximum absolute atomic E-state index is 14.7. The van der Waals surface area contributed by atoms with Gasteiger partial charge in [-0.25, -0.2) is 4.39 Å². The van der Waals surface area contributed by atoms with Crippen LogP contribution in [0.25, 0.3) is 0 Å². The lowest BCUT2D eigenvalue weighted by Gasteiger charge is -2.36. The van der Waals surface area contributed by atoms with Crippen LogP contribution in [0.15, 0.2) is 54.9 Å². The van der Waals surface area contributed by atoms with Crippen LogP contribution >= 0.6 is 11.6 Å². The Balaban J connectivity index is 1.68. The third-order valence-electron chi connectivity index (χ3n) is 6.28. The van der Waals surface area contributed by atoms with Gasteiger partial charge in [-0.15, -0.1) is 0 Å². The van der Waals surface area contributed by atoms with Crippen molar-refractivity contribution in [2.75, 3.05) is 6.61 Å². The second kappa shape index (κ2) is 8.48. The zero-order valence-corrected chi connectivity index (χ0v) is 18.4. The number of benzene rings is 2. The molecular formula is C25H21ClFN3O3. The standard InChI is InChI=1S/C25H21ClFN3O3/c26-16-11-19-17(20(27)12-16)6-7-21(19)30(22(24(28)31)15-4-2-9-29-13-15)25(32)18-5-1-3-14-8-10-33-23(14)18/h1-5,9,11-13,21-22H,6-8,10H2,(H2,28,31)/t21-,22-/m1/s1. The summed E-state index contributed by atoms with van der Waals surface area (Å²) in [5.41, 5.74) is 8.67. The van der Waals surface area contributed by atoms with Gasteiger partial charge in [0.1, 0.15) is 17.6 Å². The van der Waals surface area contributed by atoms with E-state index in [-0.39, 0.29) is 5.02 Å². The molecule has 2 heterocycles. The first-order valence-electron chi connectivity index (χ1n) is 10.7. The van der Waals surface area contributed by atoms with Gasteiger partial charge in [-0.3, -0.25) is 14.6 Å². The van der Waals surface area contributed by atoms with E-state index < -0.39 is 29.7 Å². The lowest BCUT2D eigenvalue weighted by atomic mass is 9.98. The number of hydrogen-bond donors (Lipinski definition) is 1. The molecular weight excluding hydrogens is 445 g/mol. The highest BCUT2D eigenvalue weighted by molar-refractivity contribution is 6.30. The molecule has 0 unspecified atom stereocenters. The molecule has 2 aromatic carbocycles. The number of amides is 2. The van der Waals surface area contributed by atoms with Gasteiger partial charge in [-0.05, 0) is 53.8 Å². The van der Waals surface area contributed by atoms with Crippen molar-refractivity contribution in [3.63, 3.8) is 0 Å². The highest BCUT2D eigenvalue weighted by Gasteiger charge is 2.41. The van der Waals surface area contributed by atoms with E-state index in [2.05, 4.69) is 4.98 Å². The van der Waals surface area contributed by atoms with E-state index in [1.54, 1.807) is 36.5 Å². The molecule has 1 aliphatic heterocycles. The minimum absolute atomic E-state index is 0.228. The molecule has 5 rings (SSSR count). The number of carbonyl (C=O) groups is 2. The van der Waals surface area contributed by atoms with E-state index in [0.29, 0.717) is 53.9 Å². The third kappa shape index (κ3) is 3.72. The molecule has 0 spiro atoms. The van der Waals surface area contributed by atoms with Crippen molar-refractivity contribution in [1.82, 2.24) is 9.88 Å². The van der Waals surface area contributed by atoms with Crippen molar-refractivity contribution in [1.29, 1.82) is 0 Å². The van der Waals surface area contributed by atoms with E-state index in [1.807, 2.05) is 6.07 Å². The Morgan fingerprint density at radius 2 is 2.06 bits per heavy atom. The summed E-state index contributed by atoms with van der Waals surface area (Å²) in [7, 11) is 0. The molecule has 0 saturated carbocycles. The predicted octanol–water partition coefficient (Wildman–Crippen LogP) is 4.17. The van der Waals surface area contributed by atoms with Crippen LogP contribution in [0, 0.1) is 5.82 Å². The van der Waals surface area contributed by atoms with Crippen LogP contribution in [0.1, 0.15) is 51.1 Å². The summed E-state index contributed by atoms with van der Waals surface area (Å²) in [5.74, 6) is -1.04. The zero-order valence-electron chi connectivity index (χ0n) is 17.6. The van der Waals surface area contributed by atoms with Crippen LogP contribution in [0.2, 0.25) is 5.02 Å². The molecule has 0 bridgehead atoms. The maximum atomic E-state index is 14.7. The lowest BCUT2D eigenvalue weighted by molar-refractivity contribution is -0.123. The summed E-state index contributed by atoms with van der Waals surface area (Å²) in [4.78, 5) is 32.4. The fourth-order valence-electron chi connectivity index (χ4n) is 4.87. The Morgan fingerprint density at radius 3 is 2.82 bits per heavy atom. The summed E-state index contributed by atoms with van der Waals surface area (Å²) >= 11 is 6.17. The number of ether oxygens (including phenoxy) is 1. The van der Waals surface area contributed by atoms with E-state index in [9.17, 15) is 14.0 Å². The number of hydrogen-bond acceptors (Lipinski definition) is 4. The molecule has 0 fully saturated rings. The Kier molecular flexibility index (Phi) is 5.50. The van der Waals surface area contributed by atoms with Crippen LogP contribution in [-0.2, 0) is 17.6 Å². The van der Waals surface area contributed by atoms with Gasteiger partial charge in [0, 0.05) is 29.4 Å². The van der Waals surface area contributed by atoms with Gasteiger partial charge >= 0.3 is 0 Å². The summed E-state index contributed by atoms with van der Waals surface area (Å²) in [5, 5.41) is 0.228. The monoisotopic (exact) mass is 465 g/mol. The molecule has 2 aliphatic rings. The number of pyridine rings is 1. The molecule has 1 aliphatic carbocycles. The normalized spacial score (nSPS) is 17.1. The Labute approximate surface area is 195 Å². The first kappa shape index (κ1) is 21.4. The number of carbonyl (C=O) groups excluding carboxylic acids is 2. The number of aromatic nitrogens is 1. The second-order valence-electron chi connectivity index (χ2n) is 8.21. The fraction of sp³-hybridized carbons (Fsp3) is 0.240. The molecule has 0 radical (unpaired) electrons. The first-order valence-corrected chi connectivity index (χ1v) is 11.1. The fourth-order valence-corrected chi connectivity index (χ4v) is 5.08. The average Bonchev–Trinajstić information content (AvgIpc) is 3.44. The van der Waals surface area contributed by atoms with Crippen molar-refractivity contribution < 1.29 is 18.7 Å². The molecule has 1 aromatic heterocycles. The van der Waals surface area contributed by atoms with Crippen molar-refractivity contribution in [2.45, 2.75) is 31.3 Å². The number of nitrogens with two attached hydrogens (primary N) is 1. The maximum Gasteiger partial charge on any atom is 0.259 e. The highest BCUT2D eigenvalue weighted by atomic mass is 35.5. The minimum atomic E-state index is -1.11. The molecule has 2 atom stereocenters. The van der Waals surface area contributed by atoms with Gasteiger partial charge in [0.2, 0.25) is 5.91 Å². The third-order valence-corrected chi connectivity index (χ3v) is 6.50. The van der Waals surface area contributed by atoms with Crippen molar-refractivity contribution in [2.24, 2.45) is 5.73 Å². The highest BCUT2D eigenvalue weighted by Crippen LogP contribution is 2.44. The van der Waals surface area contributed by atoms with E-state index >= 15 is 0 Å². The lowest BCUT2D eigenvalue weighted by Crippen LogP contribution is -2.43. The Morgan fingerprint density at radius 1 is 1.21 bits per heavy atom. The summed E-state index contributed by atoms with van der Waals surface area (Å²) < 4.78 is 20.4. The van der Waals surface area contributed by atoms with Crippen LogP contribution in [0.4, 0.5) is 4.39 Å². The van der Waals surface area contributed by atoms with E-state index in [4.69, 9.17) is 22.1 Å². The summed E-state index contributed by atoms with van der Waals surface area (Å²) in [6.45, 7) is 0.481. The summed E-state index contributed by atoms with van der Waals surface area (Å²) in [6, 6.07) is 9.97. The second-order valence-corrected chi connectivity index (χ2v) is 8.64. The van der Waals surface area contributed by atoms with Crippen LogP contribution < -0.4 is 10.5 Å². The van der Waals surface area contributed by atoms with Crippen molar-refractivity contribution >= 4 is 23.4 Å². The van der Waals surface area contributed by atoms with Gasteiger partial charge in [0.25, 0.3) is 5.91 Å². The smallest absolute Gasteiger partial charge is 0.259 e. The first-order chi connectivity index (χ1) is 16.0. The predicted molar refractivity (Wildman–Crippen MR) is 120 cm³/mol. The number of fused-ring (bicyclic) bond motifs is 2. The summed E-state index contributed by atoms with van der Waals surface area (Å²) in [6.07, 6.45) is 4.63. The largest absolute Gasteiger partial charge is 0.492 e. The Hall–Kier alpha value is -3.45. The number of para-hydroxylation sites is 1. The number of halogens is 2. The molecule has 33 heavy (non-hydrogen) atoms. The van der Waals surface area contributed by atoms with E-state index in [0.717, 1.165) is 5.56 Å². The molecule has 6 nitrogen and oxygen atoms in total. The molecule has 168 valence electrons. The topological polar surface area (TPSA) is 85.5 Å². The SMILES string of the molecule is NC(=O)[C@@H](c1cccnc1)N(C(=O)c1cccc2c1OCC2)[C@@H]1CCc2c(F)cc(Cl)cc21.